The fourth-order valence-electron chi connectivity index (χ4n) is 8.61. The molecule has 266 valence electrons. The molecule has 8 aromatic carbocycles. The molecule has 0 aliphatic heterocycles. The molecule has 57 heavy (non-hydrogen) atoms. The lowest BCUT2D eigenvalue weighted by Gasteiger charge is -2.11. The lowest BCUT2D eigenvalue weighted by atomic mass is 10.0. The van der Waals surface area contributed by atoms with E-state index < -0.39 is 0 Å². The van der Waals surface area contributed by atoms with Crippen LogP contribution >= 0.6 is 0 Å². The first-order valence-electron chi connectivity index (χ1n) is 19.1. The Hall–Kier alpha value is -7.83. The van der Waals surface area contributed by atoms with Gasteiger partial charge in [0.25, 0.3) is 0 Å². The number of aromatic nitrogens is 5. The summed E-state index contributed by atoms with van der Waals surface area (Å²) in [5.74, 6) is 1.71. The molecule has 0 N–H and O–H groups in total. The van der Waals surface area contributed by atoms with Crippen LogP contribution < -0.4 is 0 Å². The van der Waals surface area contributed by atoms with Gasteiger partial charge in [-0.15, -0.1) is 0 Å². The molecular formula is C51H31N5O. The molecular weight excluding hydrogens is 699 g/mol. The van der Waals surface area contributed by atoms with Crippen LogP contribution in [-0.2, 0) is 0 Å². The summed E-state index contributed by atoms with van der Waals surface area (Å²) in [6.07, 6.45) is 0. The Bertz CT molecular complexity index is 3510. The topological polar surface area (TPSA) is 61.7 Å². The van der Waals surface area contributed by atoms with Crippen molar-refractivity contribution in [3.63, 3.8) is 0 Å². The maximum atomic E-state index is 6.54. The van der Waals surface area contributed by atoms with E-state index in [9.17, 15) is 0 Å². The molecule has 4 heterocycles. The highest BCUT2D eigenvalue weighted by molar-refractivity contribution is 6.26. The number of benzene rings is 8. The molecule has 4 aromatic heterocycles. The van der Waals surface area contributed by atoms with Crippen LogP contribution in [0.3, 0.4) is 0 Å². The van der Waals surface area contributed by atoms with E-state index in [4.69, 9.17) is 19.4 Å². The maximum absolute atomic E-state index is 6.54. The fraction of sp³-hybridized carbons (Fsp3) is 0. The second-order valence-corrected chi connectivity index (χ2v) is 14.4. The number of fused-ring (bicyclic) bond motifs is 10. The van der Waals surface area contributed by atoms with Gasteiger partial charge in [0.05, 0.1) is 22.1 Å². The van der Waals surface area contributed by atoms with E-state index in [0.29, 0.717) is 17.6 Å². The lowest BCUT2D eigenvalue weighted by molar-refractivity contribution is 0.669. The number of nitrogens with zero attached hydrogens (tertiary/aromatic N) is 5. The van der Waals surface area contributed by atoms with Crippen LogP contribution in [-0.4, -0.2) is 24.1 Å². The minimum absolute atomic E-state index is 0.545. The van der Waals surface area contributed by atoms with Crippen LogP contribution in [0.2, 0.25) is 0 Å². The van der Waals surface area contributed by atoms with Crippen molar-refractivity contribution in [1.82, 2.24) is 24.1 Å². The summed E-state index contributed by atoms with van der Waals surface area (Å²) in [6.45, 7) is 0. The van der Waals surface area contributed by atoms with Gasteiger partial charge in [0, 0.05) is 49.1 Å². The van der Waals surface area contributed by atoms with Crippen LogP contribution in [0.15, 0.2) is 192 Å². The summed E-state index contributed by atoms with van der Waals surface area (Å²) < 4.78 is 11.1. The van der Waals surface area contributed by atoms with Crippen molar-refractivity contribution in [2.75, 3.05) is 0 Å². The van der Waals surface area contributed by atoms with Gasteiger partial charge in [-0.1, -0.05) is 133 Å². The number of para-hydroxylation sites is 3. The second kappa shape index (κ2) is 12.3. The third-order valence-electron chi connectivity index (χ3n) is 11.2. The molecule has 0 saturated heterocycles. The molecule has 0 amide bonds. The van der Waals surface area contributed by atoms with Gasteiger partial charge in [-0.25, -0.2) is 4.98 Å². The fourth-order valence-corrected chi connectivity index (χ4v) is 8.61. The molecule has 0 saturated carbocycles. The predicted octanol–water partition coefficient (Wildman–Crippen LogP) is 13.0. The van der Waals surface area contributed by atoms with E-state index in [2.05, 4.69) is 161 Å². The summed E-state index contributed by atoms with van der Waals surface area (Å²) >= 11 is 0. The van der Waals surface area contributed by atoms with Gasteiger partial charge in [-0.05, 0) is 65.7 Å². The highest BCUT2D eigenvalue weighted by Crippen LogP contribution is 2.42. The molecule has 0 fully saturated rings. The molecule has 12 rings (SSSR count). The molecule has 0 bridgehead atoms. The predicted molar refractivity (Wildman–Crippen MR) is 232 cm³/mol. The Kier molecular flexibility index (Phi) is 6.83. The first kappa shape index (κ1) is 31.5. The van der Waals surface area contributed by atoms with Gasteiger partial charge in [0.2, 0.25) is 5.95 Å². The van der Waals surface area contributed by atoms with Gasteiger partial charge in [0.15, 0.2) is 11.6 Å². The van der Waals surface area contributed by atoms with E-state index in [1.165, 1.54) is 10.8 Å². The first-order chi connectivity index (χ1) is 28.3. The Morgan fingerprint density at radius 1 is 0.351 bits per heavy atom. The van der Waals surface area contributed by atoms with Crippen molar-refractivity contribution in [2.45, 2.75) is 0 Å². The Morgan fingerprint density at radius 3 is 1.61 bits per heavy atom. The standard InChI is InChI=1S/C51H31N5O/c1-4-14-32(15-5-1)34-24-26-38-39-27-25-35(31-46(39)57-45(38)30-34)50-52-49(33-16-6-2-7-17-33)53-51(54-50)56-43-23-13-11-21-41(43)47-44(56)29-28-40-37-20-10-12-22-42(37)55(48(40)47)36-18-8-3-9-19-36/h1-31H. The van der Waals surface area contributed by atoms with E-state index >= 15 is 0 Å². The first-order valence-corrected chi connectivity index (χ1v) is 19.1. The van der Waals surface area contributed by atoms with E-state index in [0.717, 1.165) is 82.7 Å². The van der Waals surface area contributed by atoms with Crippen molar-refractivity contribution >= 4 is 65.6 Å². The number of furan rings is 1. The summed E-state index contributed by atoms with van der Waals surface area (Å²) in [6, 6.07) is 65.5. The molecule has 0 unspecified atom stereocenters. The average molecular weight is 730 g/mol. The number of hydrogen-bond donors (Lipinski definition) is 0. The minimum Gasteiger partial charge on any atom is -0.456 e. The third-order valence-corrected chi connectivity index (χ3v) is 11.2. The van der Waals surface area contributed by atoms with Crippen LogP contribution in [0, 0.1) is 0 Å². The third kappa shape index (κ3) is 4.87. The SMILES string of the molecule is c1ccc(-c2ccc3c(c2)oc2cc(-c4nc(-c5ccccc5)nc(-n5c6ccccc6c6c5ccc5c7ccccc7n(-c7ccccc7)c56)n4)ccc23)cc1. The minimum atomic E-state index is 0.545. The van der Waals surface area contributed by atoms with Crippen LogP contribution in [0.5, 0.6) is 0 Å². The van der Waals surface area contributed by atoms with E-state index in [1.54, 1.807) is 0 Å². The number of hydrogen-bond acceptors (Lipinski definition) is 4. The highest BCUT2D eigenvalue weighted by Gasteiger charge is 2.23. The molecule has 0 atom stereocenters. The monoisotopic (exact) mass is 729 g/mol. The van der Waals surface area contributed by atoms with E-state index in [1.807, 2.05) is 36.4 Å². The Labute approximate surface area is 326 Å². The van der Waals surface area contributed by atoms with Crippen LogP contribution in [0.25, 0.3) is 111 Å². The van der Waals surface area contributed by atoms with Crippen LogP contribution in [0.4, 0.5) is 0 Å². The largest absolute Gasteiger partial charge is 0.456 e. The second-order valence-electron chi connectivity index (χ2n) is 14.4. The van der Waals surface area contributed by atoms with Gasteiger partial charge < -0.3 is 8.98 Å². The lowest BCUT2D eigenvalue weighted by Crippen LogP contribution is -2.06. The van der Waals surface area contributed by atoms with Crippen molar-refractivity contribution in [2.24, 2.45) is 0 Å². The molecule has 6 nitrogen and oxygen atoms in total. The van der Waals surface area contributed by atoms with E-state index in [-0.39, 0.29) is 0 Å². The summed E-state index contributed by atoms with van der Waals surface area (Å²) in [4.78, 5) is 15.6. The van der Waals surface area contributed by atoms with Gasteiger partial charge in [0.1, 0.15) is 11.2 Å². The van der Waals surface area contributed by atoms with Gasteiger partial charge in [-0.3, -0.25) is 4.57 Å². The average Bonchev–Trinajstić information content (AvgIpc) is 3.94. The van der Waals surface area contributed by atoms with Crippen molar-refractivity contribution in [3.05, 3.63) is 188 Å². The zero-order valence-electron chi connectivity index (χ0n) is 30.5. The zero-order chi connectivity index (χ0) is 37.5. The quantitative estimate of drug-likeness (QED) is 0.177. The normalized spacial score (nSPS) is 11.9. The maximum Gasteiger partial charge on any atom is 0.238 e. The molecule has 0 aliphatic carbocycles. The molecule has 12 aromatic rings. The zero-order valence-corrected chi connectivity index (χ0v) is 30.5. The molecule has 0 aliphatic rings. The molecule has 0 spiro atoms. The summed E-state index contributed by atoms with van der Waals surface area (Å²) in [7, 11) is 0. The molecule has 6 heteroatoms. The number of rotatable bonds is 5. The van der Waals surface area contributed by atoms with Gasteiger partial charge in [-0.2, -0.15) is 9.97 Å². The van der Waals surface area contributed by atoms with Crippen LogP contribution in [0.1, 0.15) is 0 Å². The summed E-state index contributed by atoms with van der Waals surface area (Å²) in [5.41, 5.74) is 11.1. The molecule has 0 radical (unpaired) electrons. The smallest absolute Gasteiger partial charge is 0.238 e. The Morgan fingerprint density at radius 2 is 0.895 bits per heavy atom. The van der Waals surface area contributed by atoms with Crippen molar-refractivity contribution in [3.8, 4) is 45.5 Å². The Balaban J connectivity index is 1.11. The van der Waals surface area contributed by atoms with Gasteiger partial charge >= 0.3 is 0 Å². The summed E-state index contributed by atoms with van der Waals surface area (Å²) in [5, 5.41) is 6.79. The van der Waals surface area contributed by atoms with Crippen molar-refractivity contribution < 1.29 is 4.42 Å². The van der Waals surface area contributed by atoms with Crippen molar-refractivity contribution in [1.29, 1.82) is 0 Å². The highest BCUT2D eigenvalue weighted by atomic mass is 16.3.